The van der Waals surface area contributed by atoms with Crippen LogP contribution in [-0.2, 0) is 4.79 Å². The predicted molar refractivity (Wildman–Crippen MR) is 89.4 cm³/mol. The molecule has 1 N–H and O–H groups in total. The third-order valence-corrected chi connectivity index (χ3v) is 3.30. The molecule has 2 rings (SSSR count). The molecule has 8 heteroatoms. The van der Waals surface area contributed by atoms with Crippen LogP contribution in [0.5, 0.6) is 11.5 Å². The number of carbonyl (C=O) groups is 1. The van der Waals surface area contributed by atoms with Crippen LogP contribution in [0, 0.1) is 15.9 Å². The Bertz CT molecular complexity index is 749. The normalized spacial score (nSPS) is 10.2. The standard InChI is InChI=1S/C17H17FN2O5/c1-24-13-5-7-14(8-6-13)25-10-2-3-17(21)19-12-4-9-15(18)16(11-12)20(22)23/h4-9,11H,2-3,10H2,1H3,(H,19,21). The van der Waals surface area contributed by atoms with Gasteiger partial charge in [0, 0.05) is 18.2 Å². The summed E-state index contributed by atoms with van der Waals surface area (Å²) in [5, 5.41) is 13.2. The van der Waals surface area contributed by atoms with Gasteiger partial charge < -0.3 is 14.8 Å². The van der Waals surface area contributed by atoms with Crippen LogP contribution in [0.2, 0.25) is 0 Å². The molecule has 0 aliphatic rings. The first-order valence-corrected chi connectivity index (χ1v) is 7.50. The fraction of sp³-hybridized carbons (Fsp3) is 0.235. The number of anilines is 1. The van der Waals surface area contributed by atoms with Gasteiger partial charge in [0.15, 0.2) is 0 Å². The Hall–Kier alpha value is -3.16. The Kier molecular flexibility index (Phi) is 6.27. The van der Waals surface area contributed by atoms with Crippen molar-refractivity contribution >= 4 is 17.3 Å². The lowest BCUT2D eigenvalue weighted by Gasteiger charge is -2.08. The molecule has 0 unspecified atom stereocenters. The molecule has 25 heavy (non-hydrogen) atoms. The zero-order valence-electron chi connectivity index (χ0n) is 13.5. The third kappa shape index (κ3) is 5.45. The van der Waals surface area contributed by atoms with E-state index >= 15 is 0 Å². The van der Waals surface area contributed by atoms with E-state index in [0.29, 0.717) is 18.8 Å². The number of carbonyl (C=O) groups excluding carboxylic acids is 1. The number of amides is 1. The van der Waals surface area contributed by atoms with Gasteiger partial charge in [0.1, 0.15) is 11.5 Å². The molecule has 0 spiro atoms. The summed E-state index contributed by atoms with van der Waals surface area (Å²) in [6.07, 6.45) is 0.627. The van der Waals surface area contributed by atoms with Crippen LogP contribution in [0.15, 0.2) is 42.5 Å². The Morgan fingerprint density at radius 2 is 1.88 bits per heavy atom. The number of nitrogens with zero attached hydrogens (tertiary/aromatic N) is 1. The summed E-state index contributed by atoms with van der Waals surface area (Å²) >= 11 is 0. The van der Waals surface area contributed by atoms with Crippen molar-refractivity contribution in [2.75, 3.05) is 19.0 Å². The smallest absolute Gasteiger partial charge is 0.306 e. The van der Waals surface area contributed by atoms with E-state index < -0.39 is 16.4 Å². The number of methoxy groups -OCH3 is 1. The quantitative estimate of drug-likeness (QED) is 0.448. The van der Waals surface area contributed by atoms with E-state index in [1.54, 1.807) is 31.4 Å². The number of rotatable bonds is 8. The molecule has 2 aromatic carbocycles. The molecule has 132 valence electrons. The molecular weight excluding hydrogens is 331 g/mol. The lowest BCUT2D eigenvalue weighted by Crippen LogP contribution is -2.13. The van der Waals surface area contributed by atoms with Gasteiger partial charge >= 0.3 is 5.69 Å². The Morgan fingerprint density at radius 3 is 2.52 bits per heavy atom. The highest BCUT2D eigenvalue weighted by Crippen LogP contribution is 2.22. The minimum atomic E-state index is -0.948. The second-order valence-electron chi connectivity index (χ2n) is 5.10. The molecule has 0 radical (unpaired) electrons. The van der Waals surface area contributed by atoms with E-state index in [9.17, 15) is 19.3 Å². The van der Waals surface area contributed by atoms with Gasteiger partial charge in [0.05, 0.1) is 18.6 Å². The second kappa shape index (κ2) is 8.62. The van der Waals surface area contributed by atoms with E-state index in [2.05, 4.69) is 5.32 Å². The lowest BCUT2D eigenvalue weighted by molar-refractivity contribution is -0.387. The van der Waals surface area contributed by atoms with Gasteiger partial charge in [-0.25, -0.2) is 0 Å². The minimum Gasteiger partial charge on any atom is -0.497 e. The second-order valence-corrected chi connectivity index (χ2v) is 5.10. The van der Waals surface area contributed by atoms with Crippen molar-refractivity contribution in [1.29, 1.82) is 0 Å². The van der Waals surface area contributed by atoms with E-state index in [1.807, 2.05) is 0 Å². The van der Waals surface area contributed by atoms with Crippen molar-refractivity contribution in [3.8, 4) is 11.5 Å². The molecule has 0 bridgehead atoms. The third-order valence-electron chi connectivity index (χ3n) is 3.30. The van der Waals surface area contributed by atoms with E-state index in [-0.39, 0.29) is 18.0 Å². The first-order chi connectivity index (χ1) is 12.0. The Balaban J connectivity index is 1.77. The average molecular weight is 348 g/mol. The van der Waals surface area contributed by atoms with Crippen molar-refractivity contribution in [2.24, 2.45) is 0 Å². The summed E-state index contributed by atoms with van der Waals surface area (Å²) in [5.74, 6) is 0.102. The van der Waals surface area contributed by atoms with Crippen molar-refractivity contribution in [2.45, 2.75) is 12.8 Å². The van der Waals surface area contributed by atoms with Crippen molar-refractivity contribution in [1.82, 2.24) is 0 Å². The van der Waals surface area contributed by atoms with Crippen LogP contribution < -0.4 is 14.8 Å². The van der Waals surface area contributed by atoms with E-state index in [0.717, 1.165) is 17.9 Å². The molecule has 0 aliphatic heterocycles. The fourth-order valence-electron chi connectivity index (χ4n) is 2.05. The molecule has 1 amide bonds. The van der Waals surface area contributed by atoms with Crippen molar-refractivity contribution < 1.29 is 23.6 Å². The van der Waals surface area contributed by atoms with Crippen molar-refractivity contribution in [3.63, 3.8) is 0 Å². The van der Waals surface area contributed by atoms with Gasteiger partial charge in [0.25, 0.3) is 0 Å². The first kappa shape index (κ1) is 18.2. The maximum absolute atomic E-state index is 13.2. The average Bonchev–Trinajstić information content (AvgIpc) is 2.60. The van der Waals surface area contributed by atoms with Crippen molar-refractivity contribution in [3.05, 3.63) is 58.4 Å². The maximum Gasteiger partial charge on any atom is 0.306 e. The van der Waals surface area contributed by atoms with Gasteiger partial charge in [-0.1, -0.05) is 0 Å². The van der Waals surface area contributed by atoms with Gasteiger partial charge in [-0.2, -0.15) is 4.39 Å². The lowest BCUT2D eigenvalue weighted by atomic mass is 10.2. The summed E-state index contributed by atoms with van der Waals surface area (Å²) in [7, 11) is 1.57. The largest absolute Gasteiger partial charge is 0.497 e. The van der Waals surface area contributed by atoms with Crippen LogP contribution >= 0.6 is 0 Å². The summed E-state index contributed by atoms with van der Waals surface area (Å²) in [6.45, 7) is 0.337. The van der Waals surface area contributed by atoms with Gasteiger partial charge in [0.2, 0.25) is 11.7 Å². The highest BCUT2D eigenvalue weighted by atomic mass is 19.1. The van der Waals surface area contributed by atoms with E-state index in [4.69, 9.17) is 9.47 Å². The van der Waals surface area contributed by atoms with Gasteiger partial charge in [-0.3, -0.25) is 14.9 Å². The minimum absolute atomic E-state index is 0.168. The molecule has 0 atom stereocenters. The number of nitrogens with one attached hydrogen (secondary N) is 1. The zero-order valence-corrected chi connectivity index (χ0v) is 13.5. The number of hydrogen-bond acceptors (Lipinski definition) is 5. The molecular formula is C17H17FN2O5. The molecule has 0 saturated carbocycles. The number of ether oxygens (including phenoxy) is 2. The fourth-order valence-corrected chi connectivity index (χ4v) is 2.05. The summed E-state index contributed by atoms with van der Waals surface area (Å²) in [6, 6.07) is 10.3. The van der Waals surface area contributed by atoms with Gasteiger partial charge in [-0.15, -0.1) is 0 Å². The zero-order chi connectivity index (χ0) is 18.2. The SMILES string of the molecule is COc1ccc(OCCCC(=O)Nc2ccc(F)c([N+](=O)[O-])c2)cc1. The monoisotopic (exact) mass is 348 g/mol. The van der Waals surface area contributed by atoms with Crippen LogP contribution in [-0.4, -0.2) is 24.5 Å². The Morgan fingerprint density at radius 1 is 1.20 bits per heavy atom. The number of benzene rings is 2. The molecule has 0 aromatic heterocycles. The number of halogens is 1. The number of hydrogen-bond donors (Lipinski definition) is 1. The Labute approximate surface area is 143 Å². The van der Waals surface area contributed by atoms with Crippen LogP contribution in [0.25, 0.3) is 0 Å². The highest BCUT2D eigenvalue weighted by Gasteiger charge is 2.15. The molecule has 7 nitrogen and oxygen atoms in total. The molecule has 0 saturated heterocycles. The molecule has 2 aromatic rings. The van der Waals surface area contributed by atoms with Crippen LogP contribution in [0.4, 0.5) is 15.8 Å². The van der Waals surface area contributed by atoms with Gasteiger partial charge in [-0.05, 0) is 42.8 Å². The molecule has 0 aliphatic carbocycles. The highest BCUT2D eigenvalue weighted by molar-refractivity contribution is 5.91. The van der Waals surface area contributed by atoms with E-state index in [1.165, 1.54) is 6.07 Å². The predicted octanol–water partition coefficient (Wildman–Crippen LogP) is 3.54. The summed E-state index contributed by atoms with van der Waals surface area (Å²) < 4.78 is 23.8. The summed E-state index contributed by atoms with van der Waals surface area (Å²) in [5.41, 5.74) is -0.505. The summed E-state index contributed by atoms with van der Waals surface area (Å²) in [4.78, 5) is 21.7. The first-order valence-electron chi connectivity index (χ1n) is 7.50. The number of nitro groups is 1. The van der Waals surface area contributed by atoms with Crippen LogP contribution in [0.3, 0.4) is 0 Å². The topological polar surface area (TPSA) is 90.7 Å². The molecule has 0 heterocycles. The maximum atomic E-state index is 13.2. The van der Waals surface area contributed by atoms with Crippen LogP contribution in [0.1, 0.15) is 12.8 Å². The number of nitro benzene ring substituents is 1. The molecule has 0 fully saturated rings.